The summed E-state index contributed by atoms with van der Waals surface area (Å²) < 4.78 is 4.77. The molecule has 2 aromatic rings. The molecule has 1 N–H and O–H groups in total. The van der Waals surface area contributed by atoms with Crippen LogP contribution in [0.1, 0.15) is 33.3 Å². The van der Waals surface area contributed by atoms with Crippen LogP contribution in [0.25, 0.3) is 0 Å². The van der Waals surface area contributed by atoms with Crippen molar-refractivity contribution in [3.63, 3.8) is 0 Å². The average molecular weight is 402 g/mol. The number of rotatable bonds is 4. The van der Waals surface area contributed by atoms with E-state index >= 15 is 0 Å². The zero-order valence-electron chi connectivity index (χ0n) is 15.1. The molecule has 0 fully saturated rings. The minimum absolute atomic E-state index is 0.247. The van der Waals surface area contributed by atoms with Crippen LogP contribution in [-0.2, 0) is 17.7 Å². The number of fused-ring (bicyclic) bond motifs is 1. The molecule has 27 heavy (non-hydrogen) atoms. The van der Waals surface area contributed by atoms with Crippen molar-refractivity contribution in [3.05, 3.63) is 45.8 Å². The van der Waals surface area contributed by atoms with E-state index in [2.05, 4.69) is 18.3 Å². The van der Waals surface area contributed by atoms with Gasteiger partial charge in [0.1, 0.15) is 11.1 Å². The second-order valence-electron chi connectivity index (χ2n) is 5.87. The summed E-state index contributed by atoms with van der Waals surface area (Å²) in [6, 6.07) is 9.61. The lowest BCUT2D eigenvalue weighted by Crippen LogP contribution is -2.35. The second kappa shape index (κ2) is 8.46. The van der Waals surface area contributed by atoms with Gasteiger partial charge in [0.05, 0.1) is 19.2 Å². The van der Waals surface area contributed by atoms with E-state index in [0.717, 1.165) is 21.1 Å². The largest absolute Gasteiger partial charge is 0.453 e. The number of hydrogen-bond donors (Lipinski definition) is 1. The molecule has 0 unspecified atom stereocenters. The molecule has 8 heteroatoms. The van der Waals surface area contributed by atoms with Gasteiger partial charge < -0.3 is 15.0 Å². The molecule has 1 aliphatic heterocycles. The lowest BCUT2D eigenvalue weighted by molar-refractivity contribution is 0.102. The van der Waals surface area contributed by atoms with Gasteiger partial charge in [0, 0.05) is 21.9 Å². The van der Waals surface area contributed by atoms with Gasteiger partial charge in [-0.15, -0.1) is 23.1 Å². The van der Waals surface area contributed by atoms with Crippen LogP contribution < -0.4 is 5.32 Å². The summed E-state index contributed by atoms with van der Waals surface area (Å²) in [4.78, 5) is 27.9. The maximum atomic E-state index is 12.6. The Balaban J connectivity index is 1.79. The summed E-state index contributed by atoms with van der Waals surface area (Å²) in [5.74, 6) is 0.725. The standard InChI is InChI=1S/C19H19N3O3S2/c1-3-26-13-6-4-12(5-7-13)17(23)21-18-15(10-20)14-8-9-22(19(24)25-2)11-16(14)27-18/h4-7H,3,8-9,11H2,1-2H3,(H,21,23). The van der Waals surface area contributed by atoms with Gasteiger partial charge in [0.2, 0.25) is 0 Å². The number of benzene rings is 1. The molecule has 1 aromatic carbocycles. The van der Waals surface area contributed by atoms with E-state index in [1.807, 2.05) is 12.1 Å². The summed E-state index contributed by atoms with van der Waals surface area (Å²) in [7, 11) is 1.35. The summed E-state index contributed by atoms with van der Waals surface area (Å²) in [5.41, 5.74) is 1.94. The molecule has 0 saturated carbocycles. The van der Waals surface area contributed by atoms with Gasteiger partial charge in [0.25, 0.3) is 5.91 Å². The number of ether oxygens (including phenoxy) is 1. The Kier molecular flexibility index (Phi) is 6.04. The van der Waals surface area contributed by atoms with E-state index in [4.69, 9.17) is 4.74 Å². The molecule has 0 radical (unpaired) electrons. The van der Waals surface area contributed by atoms with Crippen LogP contribution >= 0.6 is 23.1 Å². The Labute approximate surface area is 166 Å². The first kappa shape index (κ1) is 19.3. The highest BCUT2D eigenvalue weighted by atomic mass is 32.2. The number of hydrogen-bond acceptors (Lipinski definition) is 6. The minimum Gasteiger partial charge on any atom is -0.453 e. The number of amides is 2. The van der Waals surface area contributed by atoms with E-state index < -0.39 is 0 Å². The molecule has 3 rings (SSSR count). The first-order valence-corrected chi connectivity index (χ1v) is 10.3. The maximum Gasteiger partial charge on any atom is 0.409 e. The van der Waals surface area contributed by atoms with Crippen LogP contribution in [0.2, 0.25) is 0 Å². The predicted molar refractivity (Wildman–Crippen MR) is 106 cm³/mol. The molecule has 0 saturated heterocycles. The molecule has 2 heterocycles. The van der Waals surface area contributed by atoms with Gasteiger partial charge in [-0.2, -0.15) is 5.26 Å². The first-order valence-electron chi connectivity index (χ1n) is 8.49. The second-order valence-corrected chi connectivity index (χ2v) is 8.32. The van der Waals surface area contributed by atoms with Crippen molar-refractivity contribution >= 4 is 40.1 Å². The third-order valence-corrected chi connectivity index (χ3v) is 6.28. The Morgan fingerprint density at radius 3 is 2.74 bits per heavy atom. The molecular formula is C19H19N3O3S2. The Bertz CT molecular complexity index is 900. The van der Waals surface area contributed by atoms with E-state index in [-0.39, 0.29) is 12.0 Å². The normalized spacial score (nSPS) is 12.9. The van der Waals surface area contributed by atoms with Gasteiger partial charge >= 0.3 is 6.09 Å². The number of thiophene rings is 1. The van der Waals surface area contributed by atoms with Crippen LogP contribution in [0.3, 0.4) is 0 Å². The highest BCUT2D eigenvalue weighted by molar-refractivity contribution is 7.99. The maximum absolute atomic E-state index is 12.6. The Morgan fingerprint density at radius 1 is 1.37 bits per heavy atom. The molecule has 0 aliphatic carbocycles. The van der Waals surface area contributed by atoms with Gasteiger partial charge in [-0.25, -0.2) is 4.79 Å². The van der Waals surface area contributed by atoms with Crippen LogP contribution in [-0.4, -0.2) is 36.3 Å². The molecule has 1 aromatic heterocycles. The van der Waals surface area contributed by atoms with Crippen molar-refractivity contribution in [2.45, 2.75) is 24.8 Å². The number of methoxy groups -OCH3 is 1. The van der Waals surface area contributed by atoms with Crippen molar-refractivity contribution in [2.75, 3.05) is 24.7 Å². The number of thioether (sulfide) groups is 1. The zero-order valence-corrected chi connectivity index (χ0v) is 16.7. The smallest absolute Gasteiger partial charge is 0.409 e. The fraction of sp³-hybridized carbons (Fsp3) is 0.316. The number of nitrogens with one attached hydrogen (secondary N) is 1. The van der Waals surface area contributed by atoms with E-state index in [9.17, 15) is 14.9 Å². The minimum atomic E-state index is -0.386. The van der Waals surface area contributed by atoms with Crippen LogP contribution in [0.4, 0.5) is 9.80 Å². The summed E-state index contributed by atoms with van der Waals surface area (Å²) in [5, 5.41) is 13.0. The molecule has 140 valence electrons. The van der Waals surface area contributed by atoms with Crippen LogP contribution in [0.5, 0.6) is 0 Å². The molecule has 0 bridgehead atoms. The summed E-state index contributed by atoms with van der Waals surface area (Å²) in [6.45, 7) is 2.96. The molecule has 1 aliphatic rings. The number of anilines is 1. The number of carbonyl (C=O) groups is 2. The van der Waals surface area contributed by atoms with Crippen molar-refractivity contribution in [1.82, 2.24) is 4.90 Å². The predicted octanol–water partition coefficient (Wildman–Crippen LogP) is 4.11. The third-order valence-electron chi connectivity index (χ3n) is 4.26. The fourth-order valence-corrected chi connectivity index (χ4v) is 4.81. The van der Waals surface area contributed by atoms with Gasteiger partial charge in [-0.05, 0) is 42.0 Å². The highest BCUT2D eigenvalue weighted by Gasteiger charge is 2.28. The van der Waals surface area contributed by atoms with E-state index in [1.54, 1.807) is 28.8 Å². The van der Waals surface area contributed by atoms with Gasteiger partial charge in [0.15, 0.2) is 0 Å². The fourth-order valence-electron chi connectivity index (χ4n) is 2.94. The first-order chi connectivity index (χ1) is 13.1. The quantitative estimate of drug-likeness (QED) is 0.780. The third kappa shape index (κ3) is 4.10. The van der Waals surface area contributed by atoms with Crippen LogP contribution in [0.15, 0.2) is 29.2 Å². The zero-order chi connectivity index (χ0) is 19.4. The lowest BCUT2D eigenvalue weighted by Gasteiger charge is -2.25. The van der Waals surface area contributed by atoms with Crippen molar-refractivity contribution in [1.29, 1.82) is 5.26 Å². The lowest BCUT2D eigenvalue weighted by atomic mass is 10.0. The number of nitrogens with zero attached hydrogens (tertiary/aromatic N) is 2. The molecule has 0 atom stereocenters. The summed E-state index contributed by atoms with van der Waals surface area (Å²) >= 11 is 3.06. The monoisotopic (exact) mass is 401 g/mol. The van der Waals surface area contributed by atoms with E-state index in [0.29, 0.717) is 35.6 Å². The Hall–Kier alpha value is -2.50. The highest BCUT2D eigenvalue weighted by Crippen LogP contribution is 2.37. The molecular weight excluding hydrogens is 382 g/mol. The van der Waals surface area contributed by atoms with Crippen molar-refractivity contribution in [3.8, 4) is 6.07 Å². The number of nitriles is 1. The SMILES string of the molecule is CCSc1ccc(C(=O)Nc2sc3c(c2C#N)CCN(C(=O)OC)C3)cc1. The van der Waals surface area contributed by atoms with Gasteiger partial charge in [-0.1, -0.05) is 6.92 Å². The molecule has 2 amide bonds. The van der Waals surface area contributed by atoms with E-state index in [1.165, 1.54) is 18.4 Å². The van der Waals surface area contributed by atoms with Gasteiger partial charge in [-0.3, -0.25) is 4.79 Å². The van der Waals surface area contributed by atoms with Crippen LogP contribution in [0, 0.1) is 11.3 Å². The van der Waals surface area contributed by atoms with Crippen molar-refractivity contribution < 1.29 is 14.3 Å². The average Bonchev–Trinajstić information content (AvgIpc) is 3.04. The summed E-state index contributed by atoms with van der Waals surface area (Å²) in [6.07, 6.45) is 0.186. The Morgan fingerprint density at radius 2 is 2.11 bits per heavy atom. The topological polar surface area (TPSA) is 82.4 Å². The molecule has 0 spiro atoms. The van der Waals surface area contributed by atoms with Crippen molar-refractivity contribution in [2.24, 2.45) is 0 Å². The number of carbonyl (C=O) groups excluding carboxylic acids is 2. The molecule has 6 nitrogen and oxygen atoms in total.